The fourth-order valence-electron chi connectivity index (χ4n) is 3.27. The summed E-state index contributed by atoms with van der Waals surface area (Å²) in [6.07, 6.45) is 3.45. The number of furan rings is 1. The number of carbonyl (C=O) groups excluding carboxylic acids is 1. The maximum Gasteiger partial charge on any atom is 0.240 e. The van der Waals surface area contributed by atoms with Gasteiger partial charge in [0.25, 0.3) is 0 Å². The minimum atomic E-state index is -3.64. The number of nitrogens with one attached hydrogen (secondary N) is 1. The third-order valence-electron chi connectivity index (χ3n) is 4.31. The van der Waals surface area contributed by atoms with E-state index >= 15 is 0 Å². The quantitative estimate of drug-likeness (QED) is 0.922. The predicted molar refractivity (Wildman–Crippen MR) is 83.6 cm³/mol. The third-order valence-corrected chi connectivity index (χ3v) is 5.69. The third kappa shape index (κ3) is 2.46. The summed E-state index contributed by atoms with van der Waals surface area (Å²) in [5.41, 5.74) is 2.68. The first-order valence-corrected chi connectivity index (χ1v) is 9.01. The van der Waals surface area contributed by atoms with Gasteiger partial charge in [0, 0.05) is 6.54 Å². The number of hydrogen-bond donors (Lipinski definition) is 1. The summed E-state index contributed by atoms with van der Waals surface area (Å²) < 4.78 is 32.7. The SMILES string of the molecule is O=C1Cc2cc(S(=O)(=O)NCc3ccco3)cc3c2N1CCC3. The van der Waals surface area contributed by atoms with Crippen molar-refractivity contribution in [2.24, 2.45) is 0 Å². The number of anilines is 1. The molecule has 0 spiro atoms. The highest BCUT2D eigenvalue weighted by molar-refractivity contribution is 7.89. The Hall–Kier alpha value is -2.12. The molecule has 0 bridgehead atoms. The molecule has 0 radical (unpaired) electrons. The Morgan fingerprint density at radius 3 is 2.87 bits per heavy atom. The fraction of sp³-hybridized carbons (Fsp3) is 0.312. The first-order chi connectivity index (χ1) is 11.0. The van der Waals surface area contributed by atoms with Gasteiger partial charge in [0.05, 0.1) is 29.8 Å². The zero-order chi connectivity index (χ0) is 16.0. The lowest BCUT2D eigenvalue weighted by Gasteiger charge is -2.25. The fourth-order valence-corrected chi connectivity index (χ4v) is 4.36. The monoisotopic (exact) mass is 332 g/mol. The van der Waals surface area contributed by atoms with E-state index < -0.39 is 10.0 Å². The molecule has 1 aromatic carbocycles. The molecule has 120 valence electrons. The van der Waals surface area contributed by atoms with Crippen LogP contribution in [0.15, 0.2) is 39.8 Å². The number of aryl methyl sites for hydroxylation is 1. The zero-order valence-corrected chi connectivity index (χ0v) is 13.2. The van der Waals surface area contributed by atoms with E-state index in [1.165, 1.54) is 6.26 Å². The number of benzene rings is 1. The van der Waals surface area contributed by atoms with Gasteiger partial charge in [-0.15, -0.1) is 0 Å². The molecule has 7 heteroatoms. The molecule has 0 aliphatic carbocycles. The summed E-state index contributed by atoms with van der Waals surface area (Å²) in [6, 6.07) is 6.73. The second-order valence-electron chi connectivity index (χ2n) is 5.82. The summed E-state index contributed by atoms with van der Waals surface area (Å²) >= 11 is 0. The number of carbonyl (C=O) groups is 1. The second-order valence-corrected chi connectivity index (χ2v) is 7.59. The summed E-state index contributed by atoms with van der Waals surface area (Å²) in [4.78, 5) is 14.0. The van der Waals surface area contributed by atoms with Gasteiger partial charge >= 0.3 is 0 Å². The van der Waals surface area contributed by atoms with Crippen LogP contribution in [-0.4, -0.2) is 20.9 Å². The molecular formula is C16H16N2O4S. The highest BCUT2D eigenvalue weighted by Crippen LogP contribution is 2.38. The van der Waals surface area contributed by atoms with Crippen molar-refractivity contribution in [3.05, 3.63) is 47.4 Å². The molecule has 0 saturated carbocycles. The average Bonchev–Trinajstić information content (AvgIpc) is 3.15. The number of hydrogen-bond acceptors (Lipinski definition) is 4. The second kappa shape index (κ2) is 5.21. The van der Waals surface area contributed by atoms with E-state index in [2.05, 4.69) is 4.72 Å². The molecule has 1 aromatic heterocycles. The van der Waals surface area contributed by atoms with Gasteiger partial charge in [0.15, 0.2) is 0 Å². The smallest absolute Gasteiger partial charge is 0.240 e. The maximum absolute atomic E-state index is 12.5. The number of rotatable bonds is 4. The van der Waals surface area contributed by atoms with Crippen molar-refractivity contribution in [3.63, 3.8) is 0 Å². The van der Waals surface area contributed by atoms with Gasteiger partial charge in [-0.3, -0.25) is 4.79 Å². The normalized spacial score (nSPS) is 16.7. The Morgan fingerprint density at radius 1 is 1.26 bits per heavy atom. The van der Waals surface area contributed by atoms with E-state index in [1.54, 1.807) is 29.2 Å². The Bertz CT molecular complexity index is 872. The number of nitrogens with zero attached hydrogens (tertiary/aromatic N) is 1. The lowest BCUT2D eigenvalue weighted by atomic mass is 10.0. The van der Waals surface area contributed by atoms with Gasteiger partial charge in [-0.1, -0.05) is 0 Å². The van der Waals surface area contributed by atoms with Crippen LogP contribution in [0.3, 0.4) is 0 Å². The maximum atomic E-state index is 12.5. The minimum Gasteiger partial charge on any atom is -0.468 e. The van der Waals surface area contributed by atoms with Crippen molar-refractivity contribution in [2.75, 3.05) is 11.4 Å². The van der Waals surface area contributed by atoms with Crippen LogP contribution in [0.5, 0.6) is 0 Å². The summed E-state index contributed by atoms with van der Waals surface area (Å²) in [5, 5.41) is 0. The van der Waals surface area contributed by atoms with Crippen LogP contribution in [0, 0.1) is 0 Å². The van der Waals surface area contributed by atoms with Crippen LogP contribution in [0.2, 0.25) is 0 Å². The lowest BCUT2D eigenvalue weighted by Crippen LogP contribution is -2.31. The molecule has 1 amide bonds. The van der Waals surface area contributed by atoms with E-state index in [1.807, 2.05) is 0 Å². The molecule has 3 heterocycles. The van der Waals surface area contributed by atoms with Gasteiger partial charge in [0.2, 0.25) is 15.9 Å². The molecule has 23 heavy (non-hydrogen) atoms. The van der Waals surface area contributed by atoms with Crippen molar-refractivity contribution < 1.29 is 17.6 Å². The van der Waals surface area contributed by atoms with E-state index in [4.69, 9.17) is 4.42 Å². The molecule has 6 nitrogen and oxygen atoms in total. The van der Waals surface area contributed by atoms with Crippen molar-refractivity contribution in [3.8, 4) is 0 Å². The minimum absolute atomic E-state index is 0.0547. The topological polar surface area (TPSA) is 79.6 Å². The Morgan fingerprint density at radius 2 is 2.09 bits per heavy atom. The standard InChI is InChI=1S/C16H16N2O4S/c19-15-9-12-8-14(7-11-3-1-5-18(15)16(11)12)23(20,21)17-10-13-4-2-6-22-13/h2,4,6-8,17H,1,3,5,9-10H2. The number of sulfonamides is 1. The predicted octanol–water partition coefficient (Wildman–Crippen LogP) is 1.59. The van der Waals surface area contributed by atoms with Crippen LogP contribution in [0.25, 0.3) is 0 Å². The highest BCUT2D eigenvalue weighted by atomic mass is 32.2. The number of amides is 1. The molecule has 2 aliphatic heterocycles. The molecule has 1 N–H and O–H groups in total. The molecule has 0 unspecified atom stereocenters. The Labute approximate surface area is 134 Å². The van der Waals surface area contributed by atoms with Crippen molar-refractivity contribution in [2.45, 2.75) is 30.7 Å². The molecule has 0 atom stereocenters. The largest absolute Gasteiger partial charge is 0.468 e. The first kappa shape index (κ1) is 14.5. The van der Waals surface area contributed by atoms with Crippen LogP contribution >= 0.6 is 0 Å². The summed E-state index contributed by atoms with van der Waals surface area (Å²) in [7, 11) is -3.64. The first-order valence-electron chi connectivity index (χ1n) is 7.53. The van der Waals surface area contributed by atoms with E-state index in [0.29, 0.717) is 5.76 Å². The average molecular weight is 332 g/mol. The Balaban J connectivity index is 1.67. The molecule has 0 saturated heterocycles. The van der Waals surface area contributed by atoms with E-state index in [9.17, 15) is 13.2 Å². The van der Waals surface area contributed by atoms with Crippen molar-refractivity contribution in [1.29, 1.82) is 0 Å². The van der Waals surface area contributed by atoms with Gasteiger partial charge in [-0.05, 0) is 48.2 Å². The van der Waals surface area contributed by atoms with Crippen molar-refractivity contribution >= 4 is 21.6 Å². The zero-order valence-electron chi connectivity index (χ0n) is 12.4. The highest BCUT2D eigenvalue weighted by Gasteiger charge is 2.33. The molecule has 2 aliphatic rings. The van der Waals surface area contributed by atoms with Crippen LogP contribution < -0.4 is 9.62 Å². The van der Waals surface area contributed by atoms with E-state index in [0.717, 1.165) is 36.2 Å². The van der Waals surface area contributed by atoms with Gasteiger partial charge in [-0.25, -0.2) is 13.1 Å². The van der Waals surface area contributed by atoms with Crippen molar-refractivity contribution in [1.82, 2.24) is 4.72 Å². The van der Waals surface area contributed by atoms with Gasteiger partial charge < -0.3 is 9.32 Å². The molecule has 4 rings (SSSR count). The van der Waals surface area contributed by atoms with Gasteiger partial charge in [-0.2, -0.15) is 0 Å². The molecule has 0 fully saturated rings. The lowest BCUT2D eigenvalue weighted by molar-refractivity contribution is -0.117. The van der Waals surface area contributed by atoms with Crippen LogP contribution in [0.4, 0.5) is 5.69 Å². The van der Waals surface area contributed by atoms with Gasteiger partial charge in [0.1, 0.15) is 5.76 Å². The van der Waals surface area contributed by atoms with Crippen LogP contribution in [-0.2, 0) is 34.2 Å². The van der Waals surface area contributed by atoms with Crippen LogP contribution in [0.1, 0.15) is 23.3 Å². The summed E-state index contributed by atoms with van der Waals surface area (Å²) in [6.45, 7) is 0.828. The Kier molecular flexibility index (Phi) is 3.28. The van der Waals surface area contributed by atoms with E-state index in [-0.39, 0.29) is 23.8 Å². The molecule has 2 aromatic rings. The summed E-state index contributed by atoms with van der Waals surface area (Å²) in [5.74, 6) is 0.608. The molecular weight excluding hydrogens is 316 g/mol.